The predicted octanol–water partition coefficient (Wildman–Crippen LogP) is 1.49. The average molecular weight is 216 g/mol. The molecule has 2 amide bonds. The molecule has 4 nitrogen and oxygen atoms in total. The number of aliphatic hydroxyl groups excluding tert-OH is 1. The summed E-state index contributed by atoms with van der Waals surface area (Å²) in [6.45, 7) is 8.95. The maximum Gasteiger partial charge on any atom is 0.315 e. The van der Waals surface area contributed by atoms with Gasteiger partial charge in [0.2, 0.25) is 0 Å². The quantitative estimate of drug-likeness (QED) is 0.610. The number of urea groups is 1. The van der Waals surface area contributed by atoms with Crippen molar-refractivity contribution in [1.82, 2.24) is 10.6 Å². The summed E-state index contributed by atoms with van der Waals surface area (Å²) in [7, 11) is 0. The van der Waals surface area contributed by atoms with E-state index in [0.717, 1.165) is 12.8 Å². The number of nitrogens with one attached hydrogen (secondary N) is 2. The summed E-state index contributed by atoms with van der Waals surface area (Å²) >= 11 is 0. The van der Waals surface area contributed by atoms with Crippen LogP contribution in [0, 0.1) is 5.41 Å². The van der Waals surface area contributed by atoms with Crippen LogP contribution in [0.1, 0.15) is 40.5 Å². The first-order chi connectivity index (χ1) is 6.85. The van der Waals surface area contributed by atoms with Crippen molar-refractivity contribution in [2.24, 2.45) is 5.41 Å². The topological polar surface area (TPSA) is 61.4 Å². The Balaban J connectivity index is 3.48. The van der Waals surface area contributed by atoms with E-state index in [2.05, 4.69) is 31.4 Å². The molecule has 0 aromatic carbocycles. The fraction of sp³-hybridized carbons (Fsp3) is 0.909. The summed E-state index contributed by atoms with van der Waals surface area (Å²) in [4.78, 5) is 11.2. The molecule has 0 aliphatic carbocycles. The third-order valence-electron chi connectivity index (χ3n) is 2.04. The maximum atomic E-state index is 11.2. The first-order valence-corrected chi connectivity index (χ1v) is 5.50. The molecule has 15 heavy (non-hydrogen) atoms. The van der Waals surface area contributed by atoms with Crippen molar-refractivity contribution in [3.63, 3.8) is 0 Å². The molecule has 4 heteroatoms. The second-order valence-corrected chi connectivity index (χ2v) is 5.15. The SMILES string of the molecule is CC(CO)NC(=O)NCCCC(C)(C)C. The Morgan fingerprint density at radius 2 is 2.00 bits per heavy atom. The van der Waals surface area contributed by atoms with Crippen LogP contribution in [0.4, 0.5) is 4.79 Å². The Kier molecular flexibility index (Phi) is 6.32. The first-order valence-electron chi connectivity index (χ1n) is 5.50. The fourth-order valence-corrected chi connectivity index (χ4v) is 1.14. The summed E-state index contributed by atoms with van der Waals surface area (Å²) in [5.74, 6) is 0. The van der Waals surface area contributed by atoms with Gasteiger partial charge in [-0.25, -0.2) is 4.79 Å². The molecule has 0 saturated carbocycles. The Hall–Kier alpha value is -0.770. The van der Waals surface area contributed by atoms with E-state index in [-0.39, 0.29) is 18.7 Å². The monoisotopic (exact) mass is 216 g/mol. The van der Waals surface area contributed by atoms with Crippen LogP contribution in [0.5, 0.6) is 0 Å². The van der Waals surface area contributed by atoms with Gasteiger partial charge >= 0.3 is 6.03 Å². The van der Waals surface area contributed by atoms with Gasteiger partial charge in [-0.05, 0) is 25.2 Å². The molecule has 0 aliphatic rings. The summed E-state index contributed by atoms with van der Waals surface area (Å²) in [6.07, 6.45) is 2.06. The van der Waals surface area contributed by atoms with Gasteiger partial charge in [0.05, 0.1) is 12.6 Å². The molecule has 1 atom stereocenters. The molecule has 0 aromatic rings. The number of amides is 2. The van der Waals surface area contributed by atoms with Gasteiger partial charge < -0.3 is 15.7 Å². The molecule has 0 heterocycles. The van der Waals surface area contributed by atoms with Crippen LogP contribution in [0.25, 0.3) is 0 Å². The van der Waals surface area contributed by atoms with Crippen LogP contribution < -0.4 is 10.6 Å². The van der Waals surface area contributed by atoms with Crippen molar-refractivity contribution in [3.05, 3.63) is 0 Å². The minimum atomic E-state index is -0.203. The van der Waals surface area contributed by atoms with E-state index in [9.17, 15) is 4.79 Å². The molecule has 3 N–H and O–H groups in total. The van der Waals surface area contributed by atoms with Crippen molar-refractivity contribution in [2.45, 2.75) is 46.6 Å². The molecular formula is C11H24N2O2. The smallest absolute Gasteiger partial charge is 0.315 e. The van der Waals surface area contributed by atoms with E-state index < -0.39 is 0 Å². The molecule has 0 aromatic heterocycles. The van der Waals surface area contributed by atoms with Gasteiger partial charge in [0.1, 0.15) is 0 Å². The van der Waals surface area contributed by atoms with Crippen LogP contribution in [0.2, 0.25) is 0 Å². The lowest BCUT2D eigenvalue weighted by Crippen LogP contribution is -2.42. The second kappa shape index (κ2) is 6.67. The molecule has 0 aliphatic heterocycles. The minimum Gasteiger partial charge on any atom is -0.394 e. The summed E-state index contributed by atoms with van der Waals surface area (Å²) < 4.78 is 0. The molecule has 0 saturated heterocycles. The number of aliphatic hydroxyl groups is 1. The predicted molar refractivity (Wildman–Crippen MR) is 61.8 cm³/mol. The lowest BCUT2D eigenvalue weighted by Gasteiger charge is -2.18. The lowest BCUT2D eigenvalue weighted by atomic mass is 9.91. The van der Waals surface area contributed by atoms with Crippen molar-refractivity contribution in [3.8, 4) is 0 Å². The zero-order chi connectivity index (χ0) is 11.9. The van der Waals surface area contributed by atoms with E-state index in [1.54, 1.807) is 6.92 Å². The van der Waals surface area contributed by atoms with Crippen molar-refractivity contribution in [1.29, 1.82) is 0 Å². The van der Waals surface area contributed by atoms with Crippen LogP contribution in [0.3, 0.4) is 0 Å². The zero-order valence-corrected chi connectivity index (χ0v) is 10.3. The molecule has 0 fully saturated rings. The number of carbonyl (C=O) groups is 1. The van der Waals surface area contributed by atoms with E-state index in [1.807, 2.05) is 0 Å². The molecule has 1 unspecified atom stereocenters. The highest BCUT2D eigenvalue weighted by atomic mass is 16.3. The number of carbonyl (C=O) groups excluding carboxylic acids is 1. The standard InChI is InChI=1S/C11H24N2O2/c1-9(8-14)13-10(15)12-7-5-6-11(2,3)4/h9,14H,5-8H2,1-4H3,(H2,12,13,15). The first kappa shape index (κ1) is 14.2. The van der Waals surface area contributed by atoms with Crippen LogP contribution in [0.15, 0.2) is 0 Å². The van der Waals surface area contributed by atoms with Gasteiger partial charge in [0.15, 0.2) is 0 Å². The number of hydrogen-bond donors (Lipinski definition) is 3. The summed E-state index contributed by atoms with van der Waals surface area (Å²) in [6, 6.07) is -0.391. The molecular weight excluding hydrogens is 192 g/mol. The molecule has 0 rings (SSSR count). The third-order valence-corrected chi connectivity index (χ3v) is 2.04. The van der Waals surface area contributed by atoms with Crippen LogP contribution in [-0.4, -0.2) is 30.3 Å². The Morgan fingerprint density at radius 3 is 2.47 bits per heavy atom. The van der Waals surface area contributed by atoms with Crippen molar-refractivity contribution >= 4 is 6.03 Å². The van der Waals surface area contributed by atoms with E-state index in [1.165, 1.54) is 0 Å². The zero-order valence-electron chi connectivity index (χ0n) is 10.3. The largest absolute Gasteiger partial charge is 0.394 e. The normalized spacial score (nSPS) is 13.4. The highest BCUT2D eigenvalue weighted by Crippen LogP contribution is 2.19. The Bertz CT molecular complexity index is 188. The van der Waals surface area contributed by atoms with Crippen LogP contribution in [-0.2, 0) is 0 Å². The van der Waals surface area contributed by atoms with Gasteiger partial charge in [0, 0.05) is 6.54 Å². The molecule has 0 spiro atoms. The summed E-state index contributed by atoms with van der Waals surface area (Å²) in [5.41, 5.74) is 0.316. The molecule has 0 bridgehead atoms. The lowest BCUT2D eigenvalue weighted by molar-refractivity contribution is 0.220. The highest BCUT2D eigenvalue weighted by molar-refractivity contribution is 5.74. The average Bonchev–Trinajstić information content (AvgIpc) is 2.11. The van der Waals surface area contributed by atoms with Gasteiger partial charge in [-0.2, -0.15) is 0 Å². The summed E-state index contributed by atoms with van der Waals surface area (Å²) in [5, 5.41) is 14.1. The second-order valence-electron chi connectivity index (χ2n) is 5.15. The Morgan fingerprint density at radius 1 is 1.40 bits per heavy atom. The minimum absolute atomic E-state index is 0.0323. The maximum absolute atomic E-state index is 11.2. The van der Waals surface area contributed by atoms with E-state index in [4.69, 9.17) is 5.11 Å². The number of rotatable bonds is 5. The fourth-order valence-electron chi connectivity index (χ4n) is 1.14. The highest BCUT2D eigenvalue weighted by Gasteiger charge is 2.10. The van der Waals surface area contributed by atoms with Crippen LogP contribution >= 0.6 is 0 Å². The number of hydrogen-bond acceptors (Lipinski definition) is 2. The van der Waals surface area contributed by atoms with E-state index in [0.29, 0.717) is 12.0 Å². The Labute approximate surface area is 92.4 Å². The third kappa shape index (κ3) is 9.53. The van der Waals surface area contributed by atoms with Crippen molar-refractivity contribution < 1.29 is 9.90 Å². The molecule has 90 valence electrons. The van der Waals surface area contributed by atoms with Crippen molar-refractivity contribution in [2.75, 3.05) is 13.2 Å². The molecule has 0 radical (unpaired) electrons. The van der Waals surface area contributed by atoms with Gasteiger partial charge in [-0.3, -0.25) is 0 Å². The van der Waals surface area contributed by atoms with E-state index >= 15 is 0 Å². The van der Waals surface area contributed by atoms with Gasteiger partial charge in [-0.1, -0.05) is 20.8 Å². The van der Waals surface area contributed by atoms with Gasteiger partial charge in [0.25, 0.3) is 0 Å². The van der Waals surface area contributed by atoms with Gasteiger partial charge in [-0.15, -0.1) is 0 Å².